The third-order valence-electron chi connectivity index (χ3n) is 4.98. The van der Waals surface area contributed by atoms with Crippen LogP contribution in [0.15, 0.2) is 0 Å². The molecule has 0 bridgehead atoms. The molecule has 3 heteroatoms. The molecule has 17 heavy (non-hydrogen) atoms. The highest BCUT2D eigenvalue weighted by Crippen LogP contribution is 2.38. The van der Waals surface area contributed by atoms with Crippen LogP contribution in [-0.4, -0.2) is 43.8 Å². The minimum atomic E-state index is 0.276. The minimum Gasteiger partial charge on any atom is -0.381 e. The van der Waals surface area contributed by atoms with Crippen molar-refractivity contribution >= 4 is 0 Å². The molecule has 1 saturated heterocycles. The van der Waals surface area contributed by atoms with Crippen LogP contribution >= 0.6 is 0 Å². The Kier molecular flexibility index (Phi) is 4.45. The van der Waals surface area contributed by atoms with Crippen LogP contribution < -0.4 is 5.73 Å². The van der Waals surface area contributed by atoms with Gasteiger partial charge in [-0.3, -0.25) is 0 Å². The number of rotatable bonds is 4. The van der Waals surface area contributed by atoms with E-state index in [0.717, 1.165) is 19.1 Å². The summed E-state index contributed by atoms with van der Waals surface area (Å²) in [5, 5.41) is 0. The second-order valence-electron chi connectivity index (χ2n) is 6.10. The summed E-state index contributed by atoms with van der Waals surface area (Å²) in [6.45, 7) is 1.87. The summed E-state index contributed by atoms with van der Waals surface area (Å²) >= 11 is 0. The van der Waals surface area contributed by atoms with Crippen molar-refractivity contribution in [3.8, 4) is 0 Å². The van der Waals surface area contributed by atoms with Gasteiger partial charge in [-0.15, -0.1) is 0 Å². The summed E-state index contributed by atoms with van der Waals surface area (Å²) in [4.78, 5) is 2.39. The Morgan fingerprint density at radius 3 is 2.35 bits per heavy atom. The van der Waals surface area contributed by atoms with Crippen LogP contribution in [0.5, 0.6) is 0 Å². The molecular weight excluding hydrogens is 212 g/mol. The first-order valence-corrected chi connectivity index (χ1v) is 7.16. The van der Waals surface area contributed by atoms with Crippen LogP contribution in [0.2, 0.25) is 0 Å². The highest BCUT2D eigenvalue weighted by Gasteiger charge is 2.42. The second kappa shape index (κ2) is 5.68. The van der Waals surface area contributed by atoms with Crippen molar-refractivity contribution in [1.29, 1.82) is 0 Å². The number of nitrogens with zero attached hydrogens (tertiary/aromatic N) is 1. The average molecular weight is 240 g/mol. The molecule has 1 unspecified atom stereocenters. The summed E-state index contributed by atoms with van der Waals surface area (Å²) < 4.78 is 5.43. The molecule has 0 spiro atoms. The van der Waals surface area contributed by atoms with E-state index in [4.69, 9.17) is 10.5 Å². The highest BCUT2D eigenvalue weighted by atomic mass is 16.5. The zero-order valence-corrected chi connectivity index (χ0v) is 11.5. The van der Waals surface area contributed by atoms with E-state index in [2.05, 4.69) is 19.0 Å². The Balaban J connectivity index is 1.94. The maximum atomic E-state index is 6.56. The molecule has 0 aromatic rings. The topological polar surface area (TPSA) is 38.5 Å². The summed E-state index contributed by atoms with van der Waals surface area (Å²) in [5.41, 5.74) is 6.84. The number of hydrogen-bond acceptors (Lipinski definition) is 3. The standard InChI is InChI=1S/C14H28N2O/c1-16(2)14(7-3-4-8-14)13(15)11-12-5-9-17-10-6-12/h12-13H,3-11,15H2,1-2H3. The number of nitrogens with two attached hydrogens (primary N) is 1. The van der Waals surface area contributed by atoms with Gasteiger partial charge in [-0.2, -0.15) is 0 Å². The normalized spacial score (nSPS) is 27.5. The van der Waals surface area contributed by atoms with E-state index >= 15 is 0 Å². The van der Waals surface area contributed by atoms with E-state index in [1.807, 2.05) is 0 Å². The molecule has 2 aliphatic rings. The zero-order chi connectivity index (χ0) is 12.3. The van der Waals surface area contributed by atoms with E-state index in [1.54, 1.807) is 0 Å². The van der Waals surface area contributed by atoms with E-state index in [0.29, 0.717) is 6.04 Å². The van der Waals surface area contributed by atoms with Gasteiger partial charge >= 0.3 is 0 Å². The summed E-state index contributed by atoms with van der Waals surface area (Å²) in [6.07, 6.45) is 8.85. The molecule has 1 atom stereocenters. The van der Waals surface area contributed by atoms with Gasteiger partial charge in [-0.1, -0.05) is 12.8 Å². The summed E-state index contributed by atoms with van der Waals surface area (Å²) in [6, 6.07) is 0.336. The Bertz CT molecular complexity index is 230. The molecule has 2 rings (SSSR count). The molecule has 2 N–H and O–H groups in total. The first-order valence-electron chi connectivity index (χ1n) is 7.16. The monoisotopic (exact) mass is 240 g/mol. The van der Waals surface area contributed by atoms with Crippen molar-refractivity contribution < 1.29 is 4.74 Å². The molecule has 1 saturated carbocycles. The molecule has 0 aromatic heterocycles. The molecular formula is C14H28N2O. The Morgan fingerprint density at radius 2 is 1.82 bits per heavy atom. The lowest BCUT2D eigenvalue weighted by Gasteiger charge is -2.43. The maximum absolute atomic E-state index is 6.56. The Labute approximate surface area is 106 Å². The van der Waals surface area contributed by atoms with Crippen LogP contribution in [0.3, 0.4) is 0 Å². The van der Waals surface area contributed by atoms with Gasteiger partial charge in [0.15, 0.2) is 0 Å². The van der Waals surface area contributed by atoms with Crippen LogP contribution in [0.25, 0.3) is 0 Å². The van der Waals surface area contributed by atoms with Gasteiger partial charge < -0.3 is 15.4 Å². The Morgan fingerprint density at radius 1 is 1.24 bits per heavy atom. The predicted octanol–water partition coefficient (Wildman–Crippen LogP) is 2.00. The zero-order valence-electron chi connectivity index (χ0n) is 11.5. The molecule has 0 amide bonds. The molecule has 1 aliphatic heterocycles. The fourth-order valence-corrected chi connectivity index (χ4v) is 3.70. The lowest BCUT2D eigenvalue weighted by molar-refractivity contribution is 0.0475. The van der Waals surface area contributed by atoms with Crippen LogP contribution in [0.1, 0.15) is 44.9 Å². The molecule has 0 radical (unpaired) electrons. The fourth-order valence-electron chi connectivity index (χ4n) is 3.70. The first-order chi connectivity index (χ1) is 8.15. The van der Waals surface area contributed by atoms with Crippen LogP contribution in [0, 0.1) is 5.92 Å². The van der Waals surface area contributed by atoms with Crippen molar-refractivity contribution in [2.75, 3.05) is 27.3 Å². The van der Waals surface area contributed by atoms with Crippen molar-refractivity contribution in [2.45, 2.75) is 56.5 Å². The molecule has 2 fully saturated rings. The molecule has 100 valence electrons. The number of ether oxygens (including phenoxy) is 1. The molecule has 0 aromatic carbocycles. The highest BCUT2D eigenvalue weighted by molar-refractivity contribution is 5.01. The van der Waals surface area contributed by atoms with Crippen molar-refractivity contribution in [3.05, 3.63) is 0 Å². The molecule has 1 aliphatic carbocycles. The summed E-state index contributed by atoms with van der Waals surface area (Å²) in [5.74, 6) is 0.788. The van der Waals surface area contributed by atoms with E-state index in [9.17, 15) is 0 Å². The Hall–Kier alpha value is -0.120. The van der Waals surface area contributed by atoms with E-state index < -0.39 is 0 Å². The van der Waals surface area contributed by atoms with Gasteiger partial charge in [0.25, 0.3) is 0 Å². The number of hydrogen-bond donors (Lipinski definition) is 1. The summed E-state index contributed by atoms with van der Waals surface area (Å²) in [7, 11) is 4.41. The van der Waals surface area contributed by atoms with Gasteiger partial charge in [-0.25, -0.2) is 0 Å². The smallest absolute Gasteiger partial charge is 0.0468 e. The first kappa shape index (κ1) is 13.3. The lowest BCUT2D eigenvalue weighted by atomic mass is 9.80. The van der Waals surface area contributed by atoms with Crippen LogP contribution in [0.4, 0.5) is 0 Å². The van der Waals surface area contributed by atoms with Crippen molar-refractivity contribution in [2.24, 2.45) is 11.7 Å². The van der Waals surface area contributed by atoms with Gasteiger partial charge in [0, 0.05) is 24.8 Å². The lowest BCUT2D eigenvalue weighted by Crippen LogP contribution is -2.56. The molecule has 1 heterocycles. The maximum Gasteiger partial charge on any atom is 0.0468 e. The van der Waals surface area contributed by atoms with Gasteiger partial charge in [0.05, 0.1) is 0 Å². The fraction of sp³-hybridized carbons (Fsp3) is 1.00. The van der Waals surface area contributed by atoms with E-state index in [-0.39, 0.29) is 5.54 Å². The van der Waals surface area contributed by atoms with Crippen molar-refractivity contribution in [1.82, 2.24) is 4.90 Å². The number of likely N-dealkylation sites (N-methyl/N-ethyl adjacent to an activating group) is 1. The van der Waals surface area contributed by atoms with Gasteiger partial charge in [0.1, 0.15) is 0 Å². The van der Waals surface area contributed by atoms with Gasteiger partial charge in [0.2, 0.25) is 0 Å². The quantitative estimate of drug-likeness (QED) is 0.817. The SMILES string of the molecule is CN(C)C1(C(N)CC2CCOCC2)CCCC1. The average Bonchev–Trinajstić information content (AvgIpc) is 2.80. The van der Waals surface area contributed by atoms with Gasteiger partial charge in [-0.05, 0) is 52.1 Å². The molecule has 3 nitrogen and oxygen atoms in total. The predicted molar refractivity (Wildman–Crippen MR) is 71.0 cm³/mol. The minimum absolute atomic E-state index is 0.276. The van der Waals surface area contributed by atoms with Crippen molar-refractivity contribution in [3.63, 3.8) is 0 Å². The van der Waals surface area contributed by atoms with E-state index in [1.165, 1.54) is 44.9 Å². The third-order valence-corrected chi connectivity index (χ3v) is 4.98. The second-order valence-corrected chi connectivity index (χ2v) is 6.10. The van der Waals surface area contributed by atoms with Crippen LogP contribution in [-0.2, 0) is 4.74 Å². The third kappa shape index (κ3) is 2.83. The largest absolute Gasteiger partial charge is 0.381 e.